The van der Waals surface area contributed by atoms with Crippen molar-refractivity contribution in [3.8, 4) is 5.75 Å². The van der Waals surface area contributed by atoms with Gasteiger partial charge in [-0.15, -0.1) is 10.2 Å². The van der Waals surface area contributed by atoms with Crippen LogP contribution in [0.4, 0.5) is 5.69 Å². The highest BCUT2D eigenvalue weighted by Gasteiger charge is 2.11. The lowest BCUT2D eigenvalue weighted by Crippen LogP contribution is -2.13. The second-order valence-electron chi connectivity index (χ2n) is 6.07. The van der Waals surface area contributed by atoms with Crippen molar-refractivity contribution < 1.29 is 13.9 Å². The fourth-order valence-electron chi connectivity index (χ4n) is 2.47. The number of hydrogen-bond acceptors (Lipinski definition) is 6. The third-order valence-corrected chi connectivity index (χ3v) is 4.73. The summed E-state index contributed by atoms with van der Waals surface area (Å²) in [6.45, 7) is 4.16. The van der Waals surface area contributed by atoms with Gasteiger partial charge in [0, 0.05) is 15.7 Å². The van der Waals surface area contributed by atoms with Gasteiger partial charge in [-0.2, -0.15) is 0 Å². The topological polar surface area (TPSA) is 77.2 Å². The largest absolute Gasteiger partial charge is 0.484 e. The van der Waals surface area contributed by atoms with E-state index in [1.54, 1.807) is 18.2 Å². The van der Waals surface area contributed by atoms with E-state index >= 15 is 0 Å². The Balaban J connectivity index is 1.49. The first-order valence-corrected chi connectivity index (χ1v) is 10.0. The van der Waals surface area contributed by atoms with Crippen molar-refractivity contribution in [3.63, 3.8) is 0 Å². The second-order valence-corrected chi connectivity index (χ2v) is 7.87. The molecule has 2 aromatic carbocycles. The van der Waals surface area contributed by atoms with Gasteiger partial charge in [0.05, 0.1) is 5.75 Å². The third-order valence-electron chi connectivity index (χ3n) is 3.48. The fraction of sp³-hybridized carbons (Fsp3) is 0.211. The normalized spacial score (nSPS) is 10.7. The summed E-state index contributed by atoms with van der Waals surface area (Å²) in [5.41, 5.74) is 2.75. The van der Waals surface area contributed by atoms with Crippen LogP contribution in [0.15, 0.2) is 46.0 Å². The number of rotatable bonds is 7. The predicted molar refractivity (Wildman–Crippen MR) is 110 cm³/mol. The molecule has 0 aliphatic rings. The summed E-state index contributed by atoms with van der Waals surface area (Å²) in [5, 5.41) is 11.7. The van der Waals surface area contributed by atoms with E-state index in [0.29, 0.717) is 26.8 Å². The van der Waals surface area contributed by atoms with Gasteiger partial charge >= 0.3 is 0 Å². The first-order valence-electron chi connectivity index (χ1n) is 8.29. The van der Waals surface area contributed by atoms with Gasteiger partial charge in [-0.25, -0.2) is 0 Å². The Kier molecular flexibility index (Phi) is 6.83. The maximum absolute atomic E-state index is 12.1. The molecule has 0 spiro atoms. The van der Waals surface area contributed by atoms with Gasteiger partial charge < -0.3 is 14.5 Å². The lowest BCUT2D eigenvalue weighted by Gasteiger charge is -2.06. The van der Waals surface area contributed by atoms with Crippen LogP contribution in [0.2, 0.25) is 10.0 Å². The number of benzene rings is 2. The quantitative estimate of drug-likeness (QED) is 0.505. The van der Waals surface area contributed by atoms with Gasteiger partial charge in [-0.3, -0.25) is 4.79 Å². The first kappa shape index (κ1) is 20.5. The molecule has 1 amide bonds. The van der Waals surface area contributed by atoms with Crippen LogP contribution < -0.4 is 10.1 Å². The van der Waals surface area contributed by atoms with Crippen molar-refractivity contribution in [1.82, 2.24) is 10.2 Å². The molecule has 3 rings (SSSR count). The molecule has 1 N–H and O–H groups in total. The molecule has 6 nitrogen and oxygen atoms in total. The zero-order chi connectivity index (χ0) is 20.1. The van der Waals surface area contributed by atoms with Crippen molar-refractivity contribution in [3.05, 3.63) is 63.5 Å². The van der Waals surface area contributed by atoms with Gasteiger partial charge in [-0.05, 0) is 55.3 Å². The molecule has 146 valence electrons. The Hall–Kier alpha value is -2.22. The van der Waals surface area contributed by atoms with E-state index in [9.17, 15) is 4.79 Å². The minimum Gasteiger partial charge on any atom is -0.484 e. The van der Waals surface area contributed by atoms with Gasteiger partial charge in [0.15, 0.2) is 6.61 Å². The number of hydrogen-bond donors (Lipinski definition) is 1. The van der Waals surface area contributed by atoms with Gasteiger partial charge in [0.2, 0.25) is 5.91 Å². The van der Waals surface area contributed by atoms with Gasteiger partial charge in [0.1, 0.15) is 5.75 Å². The van der Waals surface area contributed by atoms with Crippen LogP contribution in [0.25, 0.3) is 0 Å². The number of anilines is 1. The highest BCUT2D eigenvalue weighted by molar-refractivity contribution is 7.99. The maximum atomic E-state index is 12.1. The van der Waals surface area contributed by atoms with Crippen LogP contribution >= 0.6 is 35.0 Å². The van der Waals surface area contributed by atoms with E-state index in [1.165, 1.54) is 0 Å². The van der Waals surface area contributed by atoms with Crippen molar-refractivity contribution in [2.75, 3.05) is 11.1 Å². The lowest BCUT2D eigenvalue weighted by atomic mass is 10.1. The molecule has 3 aromatic rings. The summed E-state index contributed by atoms with van der Waals surface area (Å²) in [5.74, 6) is 0.937. The van der Waals surface area contributed by atoms with Crippen LogP contribution in [0.1, 0.15) is 17.0 Å². The second kappa shape index (κ2) is 9.32. The molecule has 28 heavy (non-hydrogen) atoms. The number of thioether (sulfide) groups is 1. The fourth-order valence-corrected chi connectivity index (χ4v) is 3.57. The molecule has 1 heterocycles. The maximum Gasteiger partial charge on any atom is 0.277 e. The van der Waals surface area contributed by atoms with E-state index < -0.39 is 0 Å². The Labute approximate surface area is 176 Å². The van der Waals surface area contributed by atoms with Crippen LogP contribution in [0, 0.1) is 13.8 Å². The highest BCUT2D eigenvalue weighted by atomic mass is 35.5. The molecule has 0 unspecified atom stereocenters. The Morgan fingerprint density at radius 3 is 2.43 bits per heavy atom. The summed E-state index contributed by atoms with van der Waals surface area (Å²) in [4.78, 5) is 12.1. The molecule has 0 aliphatic carbocycles. The van der Waals surface area contributed by atoms with E-state index in [4.69, 9.17) is 32.4 Å². The number of nitrogens with zero attached hydrogens (tertiary/aromatic N) is 2. The zero-order valence-electron chi connectivity index (χ0n) is 15.2. The first-order chi connectivity index (χ1) is 13.4. The molecule has 0 saturated heterocycles. The monoisotopic (exact) mass is 437 g/mol. The predicted octanol–water partition coefficient (Wildman–Crippen LogP) is 5.30. The van der Waals surface area contributed by atoms with E-state index in [-0.39, 0.29) is 18.3 Å². The Morgan fingerprint density at radius 1 is 1.07 bits per heavy atom. The minimum atomic E-state index is -0.241. The highest BCUT2D eigenvalue weighted by Crippen LogP contribution is 2.23. The smallest absolute Gasteiger partial charge is 0.277 e. The Morgan fingerprint density at radius 2 is 1.75 bits per heavy atom. The van der Waals surface area contributed by atoms with E-state index in [1.807, 2.05) is 26.0 Å². The summed E-state index contributed by atoms with van der Waals surface area (Å²) in [6, 6.07) is 10.8. The third kappa shape index (κ3) is 6.15. The average Bonchev–Trinajstić information content (AvgIpc) is 3.04. The van der Waals surface area contributed by atoms with Crippen LogP contribution in [0.3, 0.4) is 0 Å². The van der Waals surface area contributed by atoms with Crippen molar-refractivity contribution in [2.45, 2.75) is 25.7 Å². The summed E-state index contributed by atoms with van der Waals surface area (Å²) in [7, 11) is 0. The zero-order valence-corrected chi connectivity index (χ0v) is 17.5. The minimum absolute atomic E-state index is 0.101. The molecule has 0 fully saturated rings. The molecule has 1 aromatic heterocycles. The number of carbonyl (C=O) groups excluding carboxylic acids is 1. The van der Waals surface area contributed by atoms with Crippen LogP contribution in [-0.4, -0.2) is 21.9 Å². The number of aryl methyl sites for hydroxylation is 2. The molecule has 0 radical (unpaired) electrons. The van der Waals surface area contributed by atoms with Crippen molar-refractivity contribution >= 4 is 46.6 Å². The molecule has 0 bridgehead atoms. The number of nitrogens with one attached hydrogen (secondary N) is 1. The summed E-state index contributed by atoms with van der Waals surface area (Å²) in [6.07, 6.45) is 0. The standard InChI is InChI=1S/C19H17Cl2N3O3S/c1-11-3-12(2)5-16(4-11)26-9-18-23-24-19(27-18)28-10-17(25)22-15-7-13(20)6-14(21)8-15/h3-8H,9-10H2,1-2H3,(H,22,25). The van der Waals surface area contributed by atoms with Crippen molar-refractivity contribution in [2.24, 2.45) is 0 Å². The molecule has 0 atom stereocenters. The molecular weight excluding hydrogens is 421 g/mol. The van der Waals surface area contributed by atoms with Crippen LogP contribution in [0.5, 0.6) is 5.75 Å². The molecule has 0 saturated carbocycles. The van der Waals surface area contributed by atoms with Crippen LogP contribution in [-0.2, 0) is 11.4 Å². The molecule has 0 aliphatic heterocycles. The summed E-state index contributed by atoms with van der Waals surface area (Å²) < 4.78 is 11.2. The van der Waals surface area contributed by atoms with Gasteiger partial charge in [0.25, 0.3) is 11.1 Å². The number of carbonyl (C=O) groups is 1. The summed E-state index contributed by atoms with van der Waals surface area (Å²) >= 11 is 13.0. The van der Waals surface area contributed by atoms with Crippen molar-refractivity contribution in [1.29, 1.82) is 0 Å². The lowest BCUT2D eigenvalue weighted by molar-refractivity contribution is -0.113. The van der Waals surface area contributed by atoms with Gasteiger partial charge in [-0.1, -0.05) is 41.0 Å². The Bertz CT molecular complexity index is 954. The average molecular weight is 438 g/mol. The molecular formula is C19H17Cl2N3O3S. The number of aromatic nitrogens is 2. The number of ether oxygens (including phenoxy) is 1. The number of amides is 1. The molecule has 9 heteroatoms. The van der Waals surface area contributed by atoms with E-state index in [2.05, 4.69) is 21.6 Å². The number of halogens is 2. The van der Waals surface area contributed by atoms with E-state index in [0.717, 1.165) is 28.6 Å². The SMILES string of the molecule is Cc1cc(C)cc(OCc2nnc(SCC(=O)Nc3cc(Cl)cc(Cl)c3)o2)c1.